The summed E-state index contributed by atoms with van der Waals surface area (Å²) in [5, 5.41) is 1.27. The van der Waals surface area contributed by atoms with Gasteiger partial charge in [0.2, 0.25) is 0 Å². The highest BCUT2D eigenvalue weighted by atomic mass is 32.1. The number of benzene rings is 4. The van der Waals surface area contributed by atoms with Gasteiger partial charge < -0.3 is 18.9 Å². The number of hydrogen-bond acceptors (Lipinski definition) is 7. The summed E-state index contributed by atoms with van der Waals surface area (Å²) in [6, 6.07) is 31.8. The molecule has 0 unspecified atom stereocenters. The summed E-state index contributed by atoms with van der Waals surface area (Å²) in [6.07, 6.45) is 5.18. The number of rotatable bonds is 15. The zero-order chi connectivity index (χ0) is 32.4. The Morgan fingerprint density at radius 2 is 1.55 bits per heavy atom. The first-order valence-corrected chi connectivity index (χ1v) is 17.3. The van der Waals surface area contributed by atoms with E-state index in [4.69, 9.17) is 18.9 Å². The molecule has 1 fully saturated rings. The number of esters is 1. The maximum Gasteiger partial charge on any atom is 0.305 e. The molecular weight excluding hydrogens is 607 g/mol. The van der Waals surface area contributed by atoms with Crippen LogP contribution >= 0.6 is 11.3 Å². The second-order valence-corrected chi connectivity index (χ2v) is 13.2. The molecule has 1 aromatic heterocycles. The van der Waals surface area contributed by atoms with E-state index in [1.807, 2.05) is 41.7 Å². The normalized spacial score (nSPS) is 13.1. The molecule has 4 aromatic carbocycles. The Morgan fingerprint density at radius 3 is 2.32 bits per heavy atom. The quantitative estimate of drug-likeness (QED) is 0.0837. The van der Waals surface area contributed by atoms with Crippen LogP contribution in [0.5, 0.6) is 17.2 Å². The van der Waals surface area contributed by atoms with Gasteiger partial charge in [-0.25, -0.2) is 0 Å². The summed E-state index contributed by atoms with van der Waals surface area (Å²) >= 11 is 1.84. The fourth-order valence-corrected chi connectivity index (χ4v) is 7.45. The van der Waals surface area contributed by atoms with Gasteiger partial charge in [-0.3, -0.25) is 9.69 Å². The van der Waals surface area contributed by atoms with E-state index in [0.717, 1.165) is 55.3 Å². The van der Waals surface area contributed by atoms with E-state index in [1.165, 1.54) is 57.2 Å². The van der Waals surface area contributed by atoms with Gasteiger partial charge in [-0.15, -0.1) is 11.3 Å². The van der Waals surface area contributed by atoms with Crippen molar-refractivity contribution in [3.8, 4) is 17.2 Å². The fraction of sp³-hybridized carbons (Fsp3) is 0.325. The number of ether oxygens (including phenoxy) is 4. The molecule has 0 atom stereocenters. The van der Waals surface area contributed by atoms with Crippen molar-refractivity contribution in [1.29, 1.82) is 0 Å². The van der Waals surface area contributed by atoms with Gasteiger partial charge in [0, 0.05) is 34.5 Å². The highest BCUT2D eigenvalue weighted by molar-refractivity contribution is 7.19. The lowest BCUT2D eigenvalue weighted by Gasteiger charge is -2.18. The minimum atomic E-state index is -0.213. The number of nitrogens with zero attached hydrogens (tertiary/aromatic N) is 1. The van der Waals surface area contributed by atoms with Crippen molar-refractivity contribution in [2.75, 3.05) is 33.9 Å². The third-order valence-electron chi connectivity index (χ3n) is 8.73. The summed E-state index contributed by atoms with van der Waals surface area (Å²) in [5.41, 5.74) is 6.21. The molecule has 0 radical (unpaired) electrons. The number of likely N-dealkylation sites (tertiary alicyclic amines) is 1. The molecule has 6 rings (SSSR count). The Hall–Kier alpha value is -4.33. The lowest BCUT2D eigenvalue weighted by atomic mass is 9.97. The molecule has 47 heavy (non-hydrogen) atoms. The summed E-state index contributed by atoms with van der Waals surface area (Å²) < 4.78 is 23.9. The second kappa shape index (κ2) is 16.0. The molecule has 1 aliphatic heterocycles. The highest BCUT2D eigenvalue weighted by Crippen LogP contribution is 2.38. The van der Waals surface area contributed by atoms with E-state index in [0.29, 0.717) is 26.1 Å². The molecule has 7 heteroatoms. The molecule has 0 bridgehead atoms. The monoisotopic (exact) mass is 649 g/mol. The molecule has 2 heterocycles. The molecule has 0 spiro atoms. The van der Waals surface area contributed by atoms with E-state index in [-0.39, 0.29) is 5.97 Å². The van der Waals surface area contributed by atoms with E-state index in [1.54, 1.807) is 7.11 Å². The lowest BCUT2D eigenvalue weighted by molar-refractivity contribution is -0.140. The molecule has 0 saturated carbocycles. The van der Waals surface area contributed by atoms with Gasteiger partial charge in [-0.1, -0.05) is 54.6 Å². The molecule has 5 aromatic rings. The molecule has 0 N–H and O–H groups in total. The smallest absolute Gasteiger partial charge is 0.305 e. The van der Waals surface area contributed by atoms with Crippen LogP contribution in [0, 0.1) is 0 Å². The van der Waals surface area contributed by atoms with Gasteiger partial charge in [0.05, 0.1) is 20.8 Å². The molecule has 0 aliphatic carbocycles. The Bertz CT molecular complexity index is 1760. The Labute approximate surface area is 281 Å². The fourth-order valence-electron chi connectivity index (χ4n) is 6.16. The number of thiophene rings is 1. The average Bonchev–Trinajstić information content (AvgIpc) is 3.74. The predicted molar refractivity (Wildman–Crippen MR) is 189 cm³/mol. The maximum atomic E-state index is 11.4. The summed E-state index contributed by atoms with van der Waals surface area (Å²) in [5.74, 6) is 2.43. The first-order chi connectivity index (χ1) is 23.1. The van der Waals surface area contributed by atoms with Crippen molar-refractivity contribution in [1.82, 2.24) is 4.90 Å². The van der Waals surface area contributed by atoms with Crippen molar-refractivity contribution in [3.05, 3.63) is 124 Å². The first kappa shape index (κ1) is 32.6. The largest absolute Gasteiger partial charge is 0.496 e. The van der Waals surface area contributed by atoms with E-state index in [2.05, 4.69) is 65.6 Å². The number of carbonyl (C=O) groups is 1. The summed E-state index contributed by atoms with van der Waals surface area (Å²) in [4.78, 5) is 15.2. The van der Waals surface area contributed by atoms with Crippen LogP contribution in [-0.2, 0) is 35.5 Å². The highest BCUT2D eigenvalue weighted by Gasteiger charge is 2.18. The first-order valence-electron chi connectivity index (χ1n) is 16.5. The number of fused-ring (bicyclic) bond motifs is 1. The minimum Gasteiger partial charge on any atom is -0.496 e. The van der Waals surface area contributed by atoms with E-state index in [9.17, 15) is 4.79 Å². The molecule has 6 nitrogen and oxygen atoms in total. The molecule has 244 valence electrons. The molecule has 1 saturated heterocycles. The van der Waals surface area contributed by atoms with Crippen molar-refractivity contribution < 1.29 is 23.7 Å². The minimum absolute atomic E-state index is 0.213. The van der Waals surface area contributed by atoms with Crippen molar-refractivity contribution in [3.63, 3.8) is 0 Å². The summed E-state index contributed by atoms with van der Waals surface area (Å²) in [6.45, 7) is 4.28. The lowest BCUT2D eigenvalue weighted by Crippen LogP contribution is -2.18. The zero-order valence-electron chi connectivity index (χ0n) is 27.3. The second-order valence-electron chi connectivity index (χ2n) is 12.1. The third kappa shape index (κ3) is 8.73. The summed E-state index contributed by atoms with van der Waals surface area (Å²) in [7, 11) is 3.19. The van der Waals surface area contributed by atoms with Gasteiger partial charge in [-0.05, 0) is 103 Å². The van der Waals surface area contributed by atoms with E-state index < -0.39 is 0 Å². The Kier molecular flexibility index (Phi) is 11.1. The van der Waals surface area contributed by atoms with Gasteiger partial charge >= 0.3 is 5.97 Å². The predicted octanol–water partition coefficient (Wildman–Crippen LogP) is 8.60. The maximum absolute atomic E-state index is 11.4. The number of hydrogen-bond donors (Lipinski definition) is 0. The zero-order valence-corrected chi connectivity index (χ0v) is 28.2. The van der Waals surface area contributed by atoms with Crippen LogP contribution in [0.2, 0.25) is 0 Å². The van der Waals surface area contributed by atoms with Gasteiger partial charge in [-0.2, -0.15) is 0 Å². The number of methoxy groups -OCH3 is 2. The van der Waals surface area contributed by atoms with Crippen LogP contribution in [0.15, 0.2) is 91.0 Å². The molecule has 0 amide bonds. The van der Waals surface area contributed by atoms with Crippen molar-refractivity contribution >= 4 is 27.4 Å². The van der Waals surface area contributed by atoms with Crippen LogP contribution in [0.3, 0.4) is 0 Å². The van der Waals surface area contributed by atoms with Crippen molar-refractivity contribution in [2.45, 2.75) is 51.7 Å². The standard InChI is InChI=1S/C40H43NO5S/c1-43-37-24-31(12-15-32(37)27-41-20-6-7-21-41)23-36-35-19-18-34(46-28-30-9-4-3-5-10-30)26-39(35)47-38(36)25-29-13-16-33(17-14-29)45-22-8-11-40(42)44-2/h3-5,9-10,12-19,24,26H,6-8,11,20-23,25,27-28H2,1-2H3. The molecule has 1 aliphatic rings. The SMILES string of the molecule is COC(=O)CCCOc1ccc(Cc2sc3cc(OCc4ccccc4)ccc3c2Cc2ccc(CN3CCCC3)c(OC)c2)cc1. The van der Waals surface area contributed by atoms with Crippen LogP contribution in [0.1, 0.15) is 58.4 Å². The van der Waals surface area contributed by atoms with Crippen LogP contribution < -0.4 is 14.2 Å². The number of carbonyl (C=O) groups excluding carboxylic acids is 1. The van der Waals surface area contributed by atoms with Gasteiger partial charge in [0.15, 0.2) is 0 Å². The van der Waals surface area contributed by atoms with Crippen LogP contribution in [0.4, 0.5) is 0 Å². The third-order valence-corrected chi connectivity index (χ3v) is 9.93. The van der Waals surface area contributed by atoms with Gasteiger partial charge in [0.25, 0.3) is 0 Å². The Morgan fingerprint density at radius 1 is 0.787 bits per heavy atom. The van der Waals surface area contributed by atoms with Crippen LogP contribution in [0.25, 0.3) is 10.1 Å². The van der Waals surface area contributed by atoms with Crippen molar-refractivity contribution in [2.24, 2.45) is 0 Å². The molecular formula is C40H43NO5S. The Balaban J connectivity index is 1.23. The topological polar surface area (TPSA) is 57.2 Å². The van der Waals surface area contributed by atoms with Crippen LogP contribution in [-0.4, -0.2) is 44.8 Å². The van der Waals surface area contributed by atoms with E-state index >= 15 is 0 Å². The van der Waals surface area contributed by atoms with Gasteiger partial charge in [0.1, 0.15) is 23.9 Å². The average molecular weight is 650 g/mol.